The number of carbonyl (C=O) groups is 1. The highest BCUT2D eigenvalue weighted by Gasteiger charge is 2.42. The van der Waals surface area contributed by atoms with Crippen LogP contribution in [0.15, 0.2) is 0 Å². The summed E-state index contributed by atoms with van der Waals surface area (Å²) < 4.78 is 5.12. The Balaban J connectivity index is 2.60. The number of carboxylic acids is 1. The van der Waals surface area contributed by atoms with Gasteiger partial charge in [-0.15, -0.1) is 0 Å². The van der Waals surface area contributed by atoms with E-state index in [9.17, 15) is 15.0 Å². The molecule has 1 rings (SSSR count). The Morgan fingerprint density at radius 1 is 1.38 bits per heavy atom. The molecule has 94 valence electrons. The molecule has 1 heterocycles. The average molecular weight is 236 g/mol. The molecule has 5 atom stereocenters. The van der Waals surface area contributed by atoms with Crippen molar-refractivity contribution in [2.45, 2.75) is 30.6 Å². The minimum absolute atomic E-state index is 0.390. The number of nitrogens with two attached hydrogens (primary N) is 1. The molecular weight excluding hydrogens is 220 g/mol. The van der Waals surface area contributed by atoms with E-state index in [-0.39, 0.29) is 6.54 Å². The molecule has 1 fully saturated rings. The van der Waals surface area contributed by atoms with Crippen molar-refractivity contribution in [1.82, 2.24) is 5.32 Å². The van der Waals surface area contributed by atoms with Crippen molar-refractivity contribution in [3.63, 3.8) is 0 Å². The topological polar surface area (TPSA) is 145 Å². The monoisotopic (exact) mass is 236 g/mol. The Morgan fingerprint density at radius 3 is 2.50 bits per heavy atom. The number of carboxylic acid groups (broad SMARTS) is 1. The summed E-state index contributed by atoms with van der Waals surface area (Å²) >= 11 is 0. The third-order valence-corrected chi connectivity index (χ3v) is 2.43. The second-order valence-electron chi connectivity index (χ2n) is 3.61. The number of rotatable bonds is 4. The van der Waals surface area contributed by atoms with Crippen molar-refractivity contribution in [2.24, 2.45) is 5.73 Å². The fraction of sp³-hybridized carbons (Fsp3) is 0.875. The number of hydrogen-bond donors (Lipinski definition) is 6. The lowest BCUT2D eigenvalue weighted by Gasteiger charge is -2.40. The maximum atomic E-state index is 10.3. The molecule has 0 bridgehead atoms. The first-order valence-electron chi connectivity index (χ1n) is 4.80. The van der Waals surface area contributed by atoms with E-state index in [1.165, 1.54) is 0 Å². The molecule has 8 heteroatoms. The van der Waals surface area contributed by atoms with Gasteiger partial charge in [0, 0.05) is 0 Å². The predicted octanol–water partition coefficient (Wildman–Crippen LogP) is -3.57. The number of aliphatic carboxylic acids is 1. The third kappa shape index (κ3) is 2.88. The van der Waals surface area contributed by atoms with Crippen LogP contribution >= 0.6 is 0 Å². The lowest BCUT2D eigenvalue weighted by Crippen LogP contribution is -2.65. The van der Waals surface area contributed by atoms with Gasteiger partial charge in [0.15, 0.2) is 0 Å². The standard InChI is InChI=1S/C8H16N2O6/c9-5-7(15)6(14)3(2-11)16-8(5)10-1-4(12)13/h3,5-8,10-11,14-15H,1-2,9H2,(H,12,13)/t3-,5-,6-,7-,8?/m1/s1. The number of nitrogens with one attached hydrogen (secondary N) is 1. The highest BCUT2D eigenvalue weighted by Crippen LogP contribution is 2.18. The fourth-order valence-corrected chi connectivity index (χ4v) is 1.51. The van der Waals surface area contributed by atoms with E-state index in [4.69, 9.17) is 20.7 Å². The Labute approximate surface area is 91.6 Å². The molecule has 16 heavy (non-hydrogen) atoms. The number of hydrogen-bond acceptors (Lipinski definition) is 7. The van der Waals surface area contributed by atoms with E-state index >= 15 is 0 Å². The van der Waals surface area contributed by atoms with Crippen LogP contribution in [-0.4, -0.2) is 70.1 Å². The first-order valence-corrected chi connectivity index (χ1v) is 4.80. The largest absolute Gasteiger partial charge is 0.480 e. The van der Waals surface area contributed by atoms with E-state index in [2.05, 4.69) is 5.32 Å². The van der Waals surface area contributed by atoms with E-state index in [0.717, 1.165) is 0 Å². The maximum Gasteiger partial charge on any atom is 0.317 e. The molecule has 7 N–H and O–H groups in total. The predicted molar refractivity (Wildman–Crippen MR) is 51.4 cm³/mol. The van der Waals surface area contributed by atoms with Gasteiger partial charge in [0.25, 0.3) is 0 Å². The molecule has 0 aliphatic carbocycles. The molecule has 0 saturated carbocycles. The second kappa shape index (κ2) is 5.53. The zero-order chi connectivity index (χ0) is 12.3. The van der Waals surface area contributed by atoms with E-state index in [1.54, 1.807) is 0 Å². The summed E-state index contributed by atoms with van der Waals surface area (Å²) in [5.74, 6) is -1.10. The van der Waals surface area contributed by atoms with Gasteiger partial charge in [0.2, 0.25) is 0 Å². The molecule has 8 nitrogen and oxygen atoms in total. The summed E-state index contributed by atoms with van der Waals surface area (Å²) in [6.45, 7) is -0.879. The fourth-order valence-electron chi connectivity index (χ4n) is 1.51. The van der Waals surface area contributed by atoms with Crippen LogP contribution in [0.1, 0.15) is 0 Å². The van der Waals surface area contributed by atoms with Crippen molar-refractivity contribution in [2.75, 3.05) is 13.2 Å². The summed E-state index contributed by atoms with van der Waals surface area (Å²) in [5, 5.41) is 38.8. The number of ether oxygens (including phenoxy) is 1. The van der Waals surface area contributed by atoms with Gasteiger partial charge in [-0.25, -0.2) is 0 Å². The van der Waals surface area contributed by atoms with Crippen LogP contribution in [0.2, 0.25) is 0 Å². The number of aliphatic hydroxyl groups is 3. The van der Waals surface area contributed by atoms with Crippen LogP contribution in [0.25, 0.3) is 0 Å². The minimum Gasteiger partial charge on any atom is -0.480 e. The highest BCUT2D eigenvalue weighted by atomic mass is 16.5. The molecule has 0 aromatic carbocycles. The third-order valence-electron chi connectivity index (χ3n) is 2.43. The van der Waals surface area contributed by atoms with Crippen LogP contribution in [-0.2, 0) is 9.53 Å². The Morgan fingerprint density at radius 2 is 2.00 bits per heavy atom. The van der Waals surface area contributed by atoms with E-state index in [0.29, 0.717) is 0 Å². The van der Waals surface area contributed by atoms with Gasteiger partial charge in [-0.3, -0.25) is 10.1 Å². The van der Waals surface area contributed by atoms with Crippen LogP contribution in [0.3, 0.4) is 0 Å². The van der Waals surface area contributed by atoms with Gasteiger partial charge in [0.1, 0.15) is 24.5 Å². The lowest BCUT2D eigenvalue weighted by atomic mass is 9.97. The Kier molecular flexibility index (Phi) is 4.59. The summed E-state index contributed by atoms with van der Waals surface area (Å²) in [6.07, 6.45) is -4.48. The SMILES string of the molecule is N[C@H]1C(NCC(=O)O)O[C@H](CO)[C@@H](O)[C@@H]1O. The summed E-state index contributed by atoms with van der Waals surface area (Å²) in [5.41, 5.74) is 5.54. The first kappa shape index (κ1) is 13.3. The highest BCUT2D eigenvalue weighted by molar-refractivity contribution is 5.69. The number of aliphatic hydroxyl groups excluding tert-OH is 3. The quantitative estimate of drug-likeness (QED) is 0.294. The normalized spacial score (nSPS) is 39.6. The maximum absolute atomic E-state index is 10.3. The van der Waals surface area contributed by atoms with Crippen LogP contribution in [0.4, 0.5) is 0 Å². The van der Waals surface area contributed by atoms with Gasteiger partial charge >= 0.3 is 5.97 Å². The molecule has 0 amide bonds. The molecular formula is C8H16N2O6. The molecule has 1 saturated heterocycles. The second-order valence-corrected chi connectivity index (χ2v) is 3.61. The van der Waals surface area contributed by atoms with Crippen molar-refractivity contribution in [1.29, 1.82) is 0 Å². The zero-order valence-electron chi connectivity index (χ0n) is 8.48. The molecule has 0 aromatic heterocycles. The molecule has 1 aliphatic rings. The van der Waals surface area contributed by atoms with Crippen molar-refractivity contribution in [3.05, 3.63) is 0 Å². The van der Waals surface area contributed by atoms with Gasteiger partial charge in [-0.2, -0.15) is 0 Å². The molecule has 1 unspecified atom stereocenters. The van der Waals surface area contributed by atoms with Crippen molar-refractivity contribution >= 4 is 5.97 Å². The minimum atomic E-state index is -1.29. The molecule has 0 aromatic rings. The summed E-state index contributed by atoms with van der Waals surface area (Å²) in [6, 6.07) is -0.961. The molecule has 0 radical (unpaired) electrons. The average Bonchev–Trinajstić information content (AvgIpc) is 2.25. The molecule has 1 aliphatic heterocycles. The molecule has 0 spiro atoms. The first-order chi connectivity index (χ1) is 7.47. The van der Waals surface area contributed by atoms with Crippen LogP contribution < -0.4 is 11.1 Å². The Hall–Kier alpha value is -0.770. The van der Waals surface area contributed by atoms with Crippen LogP contribution in [0.5, 0.6) is 0 Å². The van der Waals surface area contributed by atoms with Gasteiger partial charge in [-0.05, 0) is 0 Å². The Bertz CT molecular complexity index is 249. The van der Waals surface area contributed by atoms with Crippen molar-refractivity contribution < 1.29 is 30.0 Å². The van der Waals surface area contributed by atoms with Crippen LogP contribution in [0, 0.1) is 0 Å². The summed E-state index contributed by atoms with van der Waals surface area (Å²) in [4.78, 5) is 10.3. The van der Waals surface area contributed by atoms with E-state index in [1.807, 2.05) is 0 Å². The van der Waals surface area contributed by atoms with Crippen molar-refractivity contribution in [3.8, 4) is 0 Å². The smallest absolute Gasteiger partial charge is 0.317 e. The van der Waals surface area contributed by atoms with E-state index < -0.39 is 43.2 Å². The van der Waals surface area contributed by atoms with Gasteiger partial charge in [0.05, 0.1) is 19.2 Å². The zero-order valence-corrected chi connectivity index (χ0v) is 8.48. The van der Waals surface area contributed by atoms with Gasteiger partial charge < -0.3 is 30.9 Å². The lowest BCUT2D eigenvalue weighted by molar-refractivity contribution is -0.196. The summed E-state index contributed by atoms with van der Waals surface area (Å²) in [7, 11) is 0. The van der Waals surface area contributed by atoms with Gasteiger partial charge in [-0.1, -0.05) is 0 Å².